The lowest BCUT2D eigenvalue weighted by atomic mass is 9.94. The van der Waals surface area contributed by atoms with Crippen LogP contribution in [0.4, 0.5) is 8.78 Å². The van der Waals surface area contributed by atoms with Crippen molar-refractivity contribution in [2.24, 2.45) is 5.92 Å². The molecule has 0 amide bonds. The second kappa shape index (κ2) is 9.65. The molecular formula is C15H30F2O2. The lowest BCUT2D eigenvalue weighted by Gasteiger charge is -2.29. The minimum absolute atomic E-state index is 0.0141. The second-order valence-corrected chi connectivity index (χ2v) is 5.43. The lowest BCUT2D eigenvalue weighted by Crippen LogP contribution is -2.31. The zero-order valence-electron chi connectivity index (χ0n) is 13.0. The van der Waals surface area contributed by atoms with Crippen LogP contribution in [0.25, 0.3) is 0 Å². The molecule has 0 saturated heterocycles. The summed E-state index contributed by atoms with van der Waals surface area (Å²) in [6.07, 6.45) is 0.866. The van der Waals surface area contributed by atoms with Gasteiger partial charge in [0, 0.05) is 19.4 Å². The molecule has 0 heterocycles. The maximum atomic E-state index is 12.9. The van der Waals surface area contributed by atoms with Gasteiger partial charge in [0.2, 0.25) is 5.92 Å². The summed E-state index contributed by atoms with van der Waals surface area (Å²) in [5.41, 5.74) is 0. The molecule has 1 aliphatic carbocycles. The highest BCUT2D eigenvalue weighted by Crippen LogP contribution is 2.34. The molecule has 19 heavy (non-hydrogen) atoms. The van der Waals surface area contributed by atoms with Gasteiger partial charge in [-0.3, -0.25) is 0 Å². The number of ether oxygens (including phenoxy) is 2. The van der Waals surface area contributed by atoms with Crippen LogP contribution < -0.4 is 0 Å². The van der Waals surface area contributed by atoms with Crippen LogP contribution in [0.1, 0.15) is 60.3 Å². The largest absolute Gasteiger partial charge is 0.376 e. The monoisotopic (exact) mass is 280 g/mol. The van der Waals surface area contributed by atoms with Crippen LogP contribution in [0.15, 0.2) is 0 Å². The molecule has 0 bridgehead atoms. The van der Waals surface area contributed by atoms with E-state index in [-0.39, 0.29) is 25.0 Å². The van der Waals surface area contributed by atoms with Crippen LogP contribution >= 0.6 is 0 Å². The van der Waals surface area contributed by atoms with Crippen LogP contribution in [0.3, 0.4) is 0 Å². The highest BCUT2D eigenvalue weighted by atomic mass is 19.3. The third-order valence-electron chi connectivity index (χ3n) is 2.94. The maximum absolute atomic E-state index is 12.9. The fourth-order valence-electron chi connectivity index (χ4n) is 1.86. The Labute approximate surface area is 116 Å². The third kappa shape index (κ3) is 9.33. The van der Waals surface area contributed by atoms with Crippen LogP contribution in [-0.4, -0.2) is 31.3 Å². The minimum atomic E-state index is -2.47. The first-order chi connectivity index (χ1) is 8.89. The second-order valence-electron chi connectivity index (χ2n) is 5.43. The van der Waals surface area contributed by atoms with Gasteiger partial charge in [-0.1, -0.05) is 27.7 Å². The first-order valence-electron chi connectivity index (χ1n) is 7.50. The van der Waals surface area contributed by atoms with Crippen molar-refractivity contribution in [3.8, 4) is 0 Å². The van der Waals surface area contributed by atoms with E-state index < -0.39 is 5.92 Å². The summed E-state index contributed by atoms with van der Waals surface area (Å²) in [5.74, 6) is -1.97. The molecule has 0 aromatic heterocycles. The summed E-state index contributed by atoms with van der Waals surface area (Å²) in [5, 5.41) is 0. The smallest absolute Gasteiger partial charge is 0.248 e. The predicted octanol–water partition coefficient (Wildman–Crippen LogP) is 4.67. The van der Waals surface area contributed by atoms with Gasteiger partial charge < -0.3 is 9.47 Å². The summed E-state index contributed by atoms with van der Waals surface area (Å²) in [7, 11) is 0. The summed E-state index contributed by atoms with van der Waals surface area (Å²) >= 11 is 0. The van der Waals surface area contributed by atoms with Gasteiger partial charge in [0.15, 0.2) is 0 Å². The van der Waals surface area contributed by atoms with Crippen LogP contribution in [0.5, 0.6) is 0 Å². The van der Waals surface area contributed by atoms with Gasteiger partial charge in [0.25, 0.3) is 0 Å². The maximum Gasteiger partial charge on any atom is 0.248 e. The molecule has 1 unspecified atom stereocenters. The zero-order chi connectivity index (χ0) is 14.9. The normalized spacial score (nSPS) is 20.8. The molecule has 0 aromatic rings. The van der Waals surface area contributed by atoms with Crippen molar-refractivity contribution in [3.63, 3.8) is 0 Å². The summed E-state index contributed by atoms with van der Waals surface area (Å²) in [6.45, 7) is 11.4. The quantitative estimate of drug-likeness (QED) is 0.704. The van der Waals surface area contributed by atoms with Gasteiger partial charge in [-0.15, -0.1) is 0 Å². The third-order valence-corrected chi connectivity index (χ3v) is 2.94. The molecule has 2 nitrogen and oxygen atoms in total. The number of halogens is 2. The molecule has 1 atom stereocenters. The average molecular weight is 280 g/mol. The van der Waals surface area contributed by atoms with E-state index in [1.54, 1.807) is 0 Å². The van der Waals surface area contributed by atoms with E-state index in [2.05, 4.69) is 13.8 Å². The Hall–Kier alpha value is -0.220. The van der Waals surface area contributed by atoms with Gasteiger partial charge >= 0.3 is 0 Å². The van der Waals surface area contributed by atoms with Gasteiger partial charge in [-0.2, -0.15) is 0 Å². The minimum Gasteiger partial charge on any atom is -0.376 e. The molecular weight excluding hydrogens is 250 g/mol. The molecule has 1 aliphatic rings. The van der Waals surface area contributed by atoms with Gasteiger partial charge in [0.1, 0.15) is 0 Å². The topological polar surface area (TPSA) is 18.5 Å². The van der Waals surface area contributed by atoms with E-state index in [1.807, 2.05) is 20.8 Å². The fourth-order valence-corrected chi connectivity index (χ4v) is 1.86. The summed E-state index contributed by atoms with van der Waals surface area (Å²) in [4.78, 5) is 0. The molecule has 4 heteroatoms. The Morgan fingerprint density at radius 1 is 1.05 bits per heavy atom. The average Bonchev–Trinajstić information content (AvgIpc) is 2.37. The van der Waals surface area contributed by atoms with Crippen molar-refractivity contribution < 1.29 is 18.3 Å². The first-order valence-corrected chi connectivity index (χ1v) is 7.50. The van der Waals surface area contributed by atoms with Crippen molar-refractivity contribution in [1.29, 1.82) is 0 Å². The standard InChI is InChI=1S/C13H24F2O2.C2H6/c1-10(2)8-16-11(3)9-17-12-4-6-13(14,15)7-5-12;1-2/h10-12H,4-9H2,1-3H3;1-2H3. The van der Waals surface area contributed by atoms with E-state index in [4.69, 9.17) is 9.47 Å². The van der Waals surface area contributed by atoms with Crippen molar-refractivity contribution in [3.05, 3.63) is 0 Å². The lowest BCUT2D eigenvalue weighted by molar-refractivity contribution is -0.0983. The molecule has 1 rings (SSSR count). The zero-order valence-corrected chi connectivity index (χ0v) is 13.0. The summed E-state index contributed by atoms with van der Waals surface area (Å²) in [6, 6.07) is 0. The van der Waals surface area contributed by atoms with E-state index in [9.17, 15) is 8.78 Å². The number of hydrogen-bond acceptors (Lipinski definition) is 2. The molecule has 0 aliphatic heterocycles. The van der Waals surface area contributed by atoms with E-state index in [1.165, 1.54) is 0 Å². The van der Waals surface area contributed by atoms with Crippen LogP contribution in [-0.2, 0) is 9.47 Å². The number of hydrogen-bond donors (Lipinski definition) is 0. The number of rotatable bonds is 6. The van der Waals surface area contributed by atoms with Gasteiger partial charge in [-0.05, 0) is 25.7 Å². The van der Waals surface area contributed by atoms with Gasteiger partial charge in [0.05, 0.1) is 18.8 Å². The Balaban J connectivity index is 0.00000154. The highest BCUT2D eigenvalue weighted by molar-refractivity contribution is 4.78. The number of alkyl halides is 2. The molecule has 0 spiro atoms. The van der Waals surface area contributed by atoms with E-state index >= 15 is 0 Å². The van der Waals surface area contributed by atoms with Crippen molar-refractivity contribution in [1.82, 2.24) is 0 Å². The Morgan fingerprint density at radius 3 is 2.05 bits per heavy atom. The van der Waals surface area contributed by atoms with Crippen molar-refractivity contribution >= 4 is 0 Å². The SMILES string of the molecule is CC.CC(C)COC(C)COC1CCC(F)(F)CC1. The van der Waals surface area contributed by atoms with Crippen molar-refractivity contribution in [2.75, 3.05) is 13.2 Å². The van der Waals surface area contributed by atoms with Crippen LogP contribution in [0.2, 0.25) is 0 Å². The highest BCUT2D eigenvalue weighted by Gasteiger charge is 2.35. The van der Waals surface area contributed by atoms with E-state index in [0.717, 1.165) is 0 Å². The Morgan fingerprint density at radius 2 is 1.58 bits per heavy atom. The van der Waals surface area contributed by atoms with Crippen LogP contribution in [0, 0.1) is 5.92 Å². The Kier molecular flexibility index (Phi) is 9.54. The molecule has 1 saturated carbocycles. The molecule has 116 valence electrons. The molecule has 0 aromatic carbocycles. The van der Waals surface area contributed by atoms with E-state index in [0.29, 0.717) is 32.0 Å². The van der Waals surface area contributed by atoms with Crippen molar-refractivity contribution in [2.45, 2.75) is 78.4 Å². The molecule has 0 radical (unpaired) electrons. The molecule has 1 fully saturated rings. The summed E-state index contributed by atoms with van der Waals surface area (Å²) < 4.78 is 37.0. The van der Waals surface area contributed by atoms with Gasteiger partial charge in [-0.25, -0.2) is 8.78 Å². The molecule has 0 N–H and O–H groups in total. The fraction of sp³-hybridized carbons (Fsp3) is 1.00. The first kappa shape index (κ1) is 18.8. The Bertz CT molecular complexity index is 210. The predicted molar refractivity (Wildman–Crippen MR) is 74.8 cm³/mol.